The summed E-state index contributed by atoms with van der Waals surface area (Å²) in [6.07, 6.45) is 3.45. The van der Waals surface area contributed by atoms with Crippen LogP contribution in [0.5, 0.6) is 0 Å². The highest BCUT2D eigenvalue weighted by Crippen LogP contribution is 2.36. The molecule has 1 atom stereocenters. The largest absolute Gasteiger partial charge is 0.387 e. The number of aliphatic hydroxyl groups is 1. The van der Waals surface area contributed by atoms with Crippen LogP contribution in [-0.4, -0.2) is 54.7 Å². The van der Waals surface area contributed by atoms with Crippen LogP contribution in [0.15, 0.2) is 18.2 Å². The lowest BCUT2D eigenvalue weighted by atomic mass is 9.75. The zero-order valence-electron chi connectivity index (χ0n) is 14.2. The smallest absolute Gasteiger partial charge is 0.0917 e. The van der Waals surface area contributed by atoms with Gasteiger partial charge in [-0.1, -0.05) is 29.3 Å². The van der Waals surface area contributed by atoms with Crippen molar-refractivity contribution in [3.63, 3.8) is 0 Å². The zero-order valence-corrected chi connectivity index (χ0v) is 14.2. The van der Waals surface area contributed by atoms with Crippen LogP contribution in [0.25, 0.3) is 0 Å². The molecule has 0 spiro atoms. The molecule has 0 aromatic heterocycles. The Labute approximate surface area is 129 Å². The number of hydrogen-bond donors (Lipinski definition) is 1. The van der Waals surface area contributed by atoms with Gasteiger partial charge in [-0.25, -0.2) is 0 Å². The van der Waals surface area contributed by atoms with Crippen molar-refractivity contribution < 1.29 is 5.11 Å². The third-order valence-electron chi connectivity index (χ3n) is 4.91. The maximum Gasteiger partial charge on any atom is 0.0917 e. The highest BCUT2D eigenvalue weighted by atomic mass is 16.3. The van der Waals surface area contributed by atoms with E-state index in [-0.39, 0.29) is 0 Å². The molecule has 1 aliphatic rings. The molecule has 0 bridgehead atoms. The highest BCUT2D eigenvalue weighted by molar-refractivity contribution is 5.30. The number of aliphatic hydroxyl groups excluding tert-OH is 1. The quantitative estimate of drug-likeness (QED) is 0.873. The summed E-state index contributed by atoms with van der Waals surface area (Å²) in [5.41, 5.74) is 3.79. The minimum absolute atomic E-state index is 0.316. The minimum Gasteiger partial charge on any atom is -0.387 e. The summed E-state index contributed by atoms with van der Waals surface area (Å²) in [6, 6.07) is 6.34. The highest BCUT2D eigenvalue weighted by Gasteiger charge is 2.39. The summed E-state index contributed by atoms with van der Waals surface area (Å²) in [6.45, 7) is 5.89. The van der Waals surface area contributed by atoms with Crippen molar-refractivity contribution in [1.29, 1.82) is 0 Å². The first kappa shape index (κ1) is 16.5. The number of aryl methyl sites for hydroxylation is 2. The summed E-state index contributed by atoms with van der Waals surface area (Å²) in [5.74, 6) is 0. The van der Waals surface area contributed by atoms with E-state index in [9.17, 15) is 5.11 Å². The summed E-state index contributed by atoms with van der Waals surface area (Å²) >= 11 is 0. The van der Waals surface area contributed by atoms with Gasteiger partial charge in [0.15, 0.2) is 0 Å². The molecule has 118 valence electrons. The van der Waals surface area contributed by atoms with Crippen LogP contribution >= 0.6 is 0 Å². The molecule has 1 saturated carbocycles. The maximum absolute atomic E-state index is 10.5. The van der Waals surface area contributed by atoms with E-state index in [1.165, 1.54) is 30.4 Å². The van der Waals surface area contributed by atoms with Gasteiger partial charge in [0.05, 0.1) is 6.10 Å². The Balaban J connectivity index is 1.97. The summed E-state index contributed by atoms with van der Waals surface area (Å²) < 4.78 is 0. The van der Waals surface area contributed by atoms with Crippen molar-refractivity contribution in [2.75, 3.05) is 34.2 Å². The van der Waals surface area contributed by atoms with E-state index in [0.717, 1.165) is 12.1 Å². The second-order valence-corrected chi connectivity index (χ2v) is 7.11. The van der Waals surface area contributed by atoms with Crippen molar-refractivity contribution in [2.24, 2.45) is 0 Å². The molecule has 0 radical (unpaired) electrons. The number of rotatable bonds is 6. The SMILES string of the molecule is Cc1cc(C)cc(C(O)CN(C)CC2(N(C)C)CCC2)c1. The first-order valence-electron chi connectivity index (χ1n) is 7.95. The topological polar surface area (TPSA) is 26.7 Å². The predicted octanol–water partition coefficient (Wildman–Crippen LogP) is 2.75. The fourth-order valence-corrected chi connectivity index (χ4v) is 3.50. The van der Waals surface area contributed by atoms with E-state index in [1.54, 1.807) is 0 Å². The van der Waals surface area contributed by atoms with Crippen molar-refractivity contribution in [3.05, 3.63) is 34.9 Å². The Morgan fingerprint density at radius 2 is 1.67 bits per heavy atom. The van der Waals surface area contributed by atoms with Crippen molar-refractivity contribution in [1.82, 2.24) is 9.80 Å². The molecule has 3 heteroatoms. The number of benzene rings is 1. The average Bonchev–Trinajstić information content (AvgIpc) is 2.32. The first-order chi connectivity index (χ1) is 9.82. The molecule has 1 aromatic rings. The number of hydrogen-bond acceptors (Lipinski definition) is 3. The Kier molecular flexibility index (Phi) is 5.07. The molecule has 1 fully saturated rings. The van der Waals surface area contributed by atoms with Crippen LogP contribution in [0.2, 0.25) is 0 Å². The molecular weight excluding hydrogens is 260 g/mol. The number of likely N-dealkylation sites (N-methyl/N-ethyl adjacent to an activating group) is 2. The van der Waals surface area contributed by atoms with Gasteiger partial charge >= 0.3 is 0 Å². The predicted molar refractivity (Wildman–Crippen MR) is 88.6 cm³/mol. The van der Waals surface area contributed by atoms with Crippen molar-refractivity contribution in [3.8, 4) is 0 Å². The van der Waals surface area contributed by atoms with E-state index >= 15 is 0 Å². The minimum atomic E-state index is -0.409. The van der Waals surface area contributed by atoms with Gasteiger partial charge in [0.1, 0.15) is 0 Å². The average molecular weight is 290 g/mol. The fraction of sp³-hybridized carbons (Fsp3) is 0.667. The van der Waals surface area contributed by atoms with Gasteiger partial charge in [0.25, 0.3) is 0 Å². The van der Waals surface area contributed by atoms with Crippen LogP contribution in [0.3, 0.4) is 0 Å². The normalized spacial score (nSPS) is 18.9. The molecule has 1 aromatic carbocycles. The molecule has 0 aliphatic heterocycles. The molecule has 21 heavy (non-hydrogen) atoms. The molecule has 0 heterocycles. The molecule has 1 N–H and O–H groups in total. The standard InChI is InChI=1S/C18H30N2O/c1-14-9-15(2)11-16(10-14)17(21)12-20(5)13-18(19(3)4)7-6-8-18/h9-11,17,21H,6-8,12-13H2,1-5H3. The third-order valence-corrected chi connectivity index (χ3v) is 4.91. The van der Waals surface area contributed by atoms with Gasteiger partial charge in [0.2, 0.25) is 0 Å². The second-order valence-electron chi connectivity index (χ2n) is 7.11. The van der Waals surface area contributed by atoms with Gasteiger partial charge in [-0.15, -0.1) is 0 Å². The molecule has 0 saturated heterocycles. The Morgan fingerprint density at radius 1 is 1.10 bits per heavy atom. The van der Waals surface area contributed by atoms with Crippen molar-refractivity contribution in [2.45, 2.75) is 44.8 Å². The molecule has 1 aliphatic carbocycles. The first-order valence-corrected chi connectivity index (χ1v) is 7.95. The lowest BCUT2D eigenvalue weighted by Crippen LogP contribution is -2.57. The van der Waals surface area contributed by atoms with Crippen LogP contribution < -0.4 is 0 Å². The van der Waals surface area contributed by atoms with Gasteiger partial charge in [0, 0.05) is 18.6 Å². The van der Waals surface area contributed by atoms with Crippen molar-refractivity contribution >= 4 is 0 Å². The fourth-order valence-electron chi connectivity index (χ4n) is 3.50. The summed E-state index contributed by atoms with van der Waals surface area (Å²) in [4.78, 5) is 4.64. The van der Waals surface area contributed by atoms with Crippen LogP contribution in [0, 0.1) is 13.8 Å². The van der Waals surface area contributed by atoms with Crippen LogP contribution in [0.1, 0.15) is 42.1 Å². The molecule has 0 amide bonds. The second kappa shape index (κ2) is 6.47. The molecule has 3 nitrogen and oxygen atoms in total. The monoisotopic (exact) mass is 290 g/mol. The van der Waals surface area contributed by atoms with Crippen LogP contribution in [-0.2, 0) is 0 Å². The lowest BCUT2D eigenvalue weighted by Gasteiger charge is -2.49. The maximum atomic E-state index is 10.5. The Hall–Kier alpha value is -0.900. The summed E-state index contributed by atoms with van der Waals surface area (Å²) in [7, 11) is 6.47. The van der Waals surface area contributed by atoms with E-state index < -0.39 is 6.10 Å². The van der Waals surface area contributed by atoms with E-state index in [2.05, 4.69) is 63.0 Å². The molecule has 2 rings (SSSR count). The molecular formula is C18H30N2O. The lowest BCUT2D eigenvalue weighted by molar-refractivity contribution is 0.0146. The number of nitrogens with zero attached hydrogens (tertiary/aromatic N) is 2. The zero-order chi connectivity index (χ0) is 15.6. The Bertz CT molecular complexity index is 460. The van der Waals surface area contributed by atoms with E-state index in [1.807, 2.05) is 0 Å². The summed E-state index contributed by atoms with van der Waals surface area (Å²) in [5, 5.41) is 10.5. The van der Waals surface area contributed by atoms with Gasteiger partial charge < -0.3 is 14.9 Å². The molecule has 1 unspecified atom stereocenters. The van der Waals surface area contributed by atoms with E-state index in [4.69, 9.17) is 0 Å². The van der Waals surface area contributed by atoms with Gasteiger partial charge in [-0.05, 0) is 59.8 Å². The van der Waals surface area contributed by atoms with E-state index in [0.29, 0.717) is 12.1 Å². The van der Waals surface area contributed by atoms with Gasteiger partial charge in [-0.2, -0.15) is 0 Å². The van der Waals surface area contributed by atoms with Crippen LogP contribution in [0.4, 0.5) is 0 Å². The third kappa shape index (κ3) is 3.85. The van der Waals surface area contributed by atoms with Gasteiger partial charge in [-0.3, -0.25) is 0 Å². The Morgan fingerprint density at radius 3 is 2.10 bits per heavy atom.